The first kappa shape index (κ1) is 35.8. The summed E-state index contributed by atoms with van der Waals surface area (Å²) in [4.78, 5) is 40.9. The number of hydrogen-bond acceptors (Lipinski definition) is 6. The van der Waals surface area contributed by atoms with Crippen LogP contribution in [0.4, 0.5) is 11.4 Å². The van der Waals surface area contributed by atoms with Crippen LogP contribution in [-0.4, -0.2) is 48.7 Å². The van der Waals surface area contributed by atoms with Crippen molar-refractivity contribution in [3.63, 3.8) is 0 Å². The van der Waals surface area contributed by atoms with E-state index in [1.807, 2.05) is 30.3 Å². The number of nitro groups is 1. The molecule has 0 heterocycles. The molecule has 0 bridgehead atoms. The molecule has 4 aromatic carbocycles. The summed E-state index contributed by atoms with van der Waals surface area (Å²) in [5.74, 6) is -1.01. The Bertz CT molecular complexity index is 1870. The molecule has 0 spiro atoms. The van der Waals surface area contributed by atoms with Crippen LogP contribution in [0.2, 0.25) is 10.0 Å². The quantitative estimate of drug-likeness (QED) is 0.115. The summed E-state index contributed by atoms with van der Waals surface area (Å²) in [5.41, 5.74) is 1.20. The number of nitro benzene ring substituents is 1. The minimum Gasteiger partial charge on any atom is -0.352 e. The molecule has 0 unspecified atom stereocenters. The summed E-state index contributed by atoms with van der Waals surface area (Å²) >= 11 is 12.5. The molecule has 0 radical (unpaired) electrons. The van der Waals surface area contributed by atoms with Crippen LogP contribution in [0.1, 0.15) is 43.2 Å². The Kier molecular flexibility index (Phi) is 11.9. The number of rotatable bonds is 13. The van der Waals surface area contributed by atoms with E-state index in [0.717, 1.165) is 42.0 Å². The monoisotopic (exact) mass is 722 g/mol. The van der Waals surface area contributed by atoms with Gasteiger partial charge in [-0.2, -0.15) is 0 Å². The van der Waals surface area contributed by atoms with Gasteiger partial charge in [-0.1, -0.05) is 97.1 Å². The molecule has 49 heavy (non-hydrogen) atoms. The van der Waals surface area contributed by atoms with Gasteiger partial charge in [0, 0.05) is 31.1 Å². The van der Waals surface area contributed by atoms with Gasteiger partial charge in [-0.3, -0.25) is 24.0 Å². The number of non-ortho nitro benzene ring substituents is 1. The van der Waals surface area contributed by atoms with Gasteiger partial charge in [0.2, 0.25) is 11.8 Å². The van der Waals surface area contributed by atoms with Crippen molar-refractivity contribution in [3.8, 4) is 0 Å². The molecule has 1 atom stereocenters. The second kappa shape index (κ2) is 16.3. The summed E-state index contributed by atoms with van der Waals surface area (Å²) in [5, 5.41) is 15.1. The molecule has 0 aromatic heterocycles. The van der Waals surface area contributed by atoms with Crippen LogP contribution in [0.3, 0.4) is 0 Å². The van der Waals surface area contributed by atoms with E-state index in [1.165, 1.54) is 41.3 Å². The van der Waals surface area contributed by atoms with Gasteiger partial charge < -0.3 is 10.2 Å². The number of nitrogens with one attached hydrogen (secondary N) is 1. The highest BCUT2D eigenvalue weighted by Crippen LogP contribution is 2.28. The zero-order valence-corrected chi connectivity index (χ0v) is 28.9. The maximum Gasteiger partial charge on any atom is 0.269 e. The lowest BCUT2D eigenvalue weighted by Crippen LogP contribution is -2.55. The number of carbonyl (C=O) groups excluding carboxylic acids is 2. The van der Waals surface area contributed by atoms with Crippen molar-refractivity contribution >= 4 is 56.4 Å². The van der Waals surface area contributed by atoms with E-state index in [2.05, 4.69) is 5.32 Å². The third-order valence-corrected chi connectivity index (χ3v) is 11.0. The first-order valence-electron chi connectivity index (χ1n) is 15.9. The molecule has 5 rings (SSSR count). The molecule has 0 aliphatic heterocycles. The van der Waals surface area contributed by atoms with Crippen LogP contribution in [0.5, 0.6) is 0 Å². The topological polar surface area (TPSA) is 130 Å². The molecule has 4 aromatic rings. The van der Waals surface area contributed by atoms with Crippen molar-refractivity contribution < 1.29 is 22.9 Å². The van der Waals surface area contributed by atoms with E-state index < -0.39 is 33.4 Å². The van der Waals surface area contributed by atoms with Gasteiger partial charge in [-0.25, -0.2) is 8.42 Å². The number of benzene rings is 4. The van der Waals surface area contributed by atoms with Gasteiger partial charge in [0.25, 0.3) is 15.7 Å². The van der Waals surface area contributed by atoms with Crippen molar-refractivity contribution in [2.75, 3.05) is 10.8 Å². The van der Waals surface area contributed by atoms with Gasteiger partial charge in [0.15, 0.2) is 0 Å². The van der Waals surface area contributed by atoms with E-state index in [9.17, 15) is 28.1 Å². The van der Waals surface area contributed by atoms with Gasteiger partial charge in [-0.15, -0.1) is 0 Å². The minimum atomic E-state index is -4.35. The molecule has 256 valence electrons. The first-order chi connectivity index (χ1) is 23.5. The second-order valence-electron chi connectivity index (χ2n) is 11.9. The highest BCUT2D eigenvalue weighted by Gasteiger charge is 2.35. The molecule has 0 saturated heterocycles. The molecule has 1 fully saturated rings. The van der Waals surface area contributed by atoms with Gasteiger partial charge >= 0.3 is 0 Å². The molecule has 1 aliphatic rings. The SMILES string of the molecule is O=C(NC1CCCCC1)[C@H](Cc1ccccc1)N(Cc1ccc(Cl)c(Cl)c1)C(=O)CN(c1ccc([N+](=O)[O-])cc1)S(=O)(=O)c1ccccc1. The van der Waals surface area contributed by atoms with Crippen LogP contribution in [0.15, 0.2) is 108 Å². The fraction of sp³-hybridized carbons (Fsp3) is 0.278. The standard InChI is InChI=1S/C36H36Cl2N4O6S/c37-32-21-16-27(22-33(32)38)24-40(34(23-26-10-4-1-5-11-26)36(44)39-28-12-6-2-7-13-28)35(43)25-41(29-17-19-30(20-18-29)42(45)46)49(47,48)31-14-8-3-9-15-31/h1,3-5,8-11,14-22,28,34H,2,6-7,12-13,23-25H2,(H,39,44)/t34-/m0/s1. The number of sulfonamides is 1. The Morgan fingerprint density at radius 2 is 1.47 bits per heavy atom. The zero-order valence-electron chi connectivity index (χ0n) is 26.6. The lowest BCUT2D eigenvalue weighted by atomic mass is 9.94. The summed E-state index contributed by atoms with van der Waals surface area (Å²) in [6.45, 7) is -0.775. The lowest BCUT2D eigenvalue weighted by molar-refractivity contribution is -0.384. The Labute approximate surface area is 295 Å². The molecule has 13 heteroatoms. The summed E-state index contributed by atoms with van der Waals surface area (Å²) in [7, 11) is -4.35. The molecule has 1 aliphatic carbocycles. The molecule has 1 N–H and O–H groups in total. The normalized spacial score (nSPS) is 14.1. The second-order valence-corrected chi connectivity index (χ2v) is 14.6. The number of carbonyl (C=O) groups is 2. The van der Waals surface area contributed by atoms with E-state index in [-0.39, 0.29) is 46.2 Å². The Morgan fingerprint density at radius 1 is 0.837 bits per heavy atom. The number of hydrogen-bond donors (Lipinski definition) is 1. The van der Waals surface area contributed by atoms with Crippen molar-refractivity contribution in [1.29, 1.82) is 0 Å². The molecule has 2 amide bonds. The van der Waals surface area contributed by atoms with Crippen LogP contribution in [0, 0.1) is 10.1 Å². The largest absolute Gasteiger partial charge is 0.352 e. The average Bonchev–Trinajstić information content (AvgIpc) is 3.11. The maximum absolute atomic E-state index is 14.6. The minimum absolute atomic E-state index is 0.0449. The fourth-order valence-corrected chi connectivity index (χ4v) is 7.68. The van der Waals surface area contributed by atoms with Crippen molar-refractivity contribution in [3.05, 3.63) is 134 Å². The molecule has 10 nitrogen and oxygen atoms in total. The predicted molar refractivity (Wildman–Crippen MR) is 190 cm³/mol. The number of anilines is 1. The van der Waals surface area contributed by atoms with E-state index in [1.54, 1.807) is 36.4 Å². The van der Waals surface area contributed by atoms with Gasteiger partial charge in [0.05, 0.1) is 25.6 Å². The van der Waals surface area contributed by atoms with Crippen molar-refractivity contribution in [2.24, 2.45) is 0 Å². The summed E-state index contributed by atoms with van der Waals surface area (Å²) in [6.07, 6.45) is 4.89. The highest BCUT2D eigenvalue weighted by atomic mass is 35.5. The third-order valence-electron chi connectivity index (χ3n) is 8.52. The maximum atomic E-state index is 14.6. The summed E-state index contributed by atoms with van der Waals surface area (Å²) < 4.78 is 29.1. The number of nitrogens with zero attached hydrogens (tertiary/aromatic N) is 3. The fourth-order valence-electron chi connectivity index (χ4n) is 5.92. The lowest BCUT2D eigenvalue weighted by Gasteiger charge is -2.35. The number of halogens is 2. The van der Waals surface area contributed by atoms with Crippen molar-refractivity contribution in [1.82, 2.24) is 10.2 Å². The third kappa shape index (κ3) is 9.17. The van der Waals surface area contributed by atoms with E-state index in [0.29, 0.717) is 10.6 Å². The predicted octanol–water partition coefficient (Wildman–Crippen LogP) is 7.19. The van der Waals surface area contributed by atoms with Crippen LogP contribution >= 0.6 is 23.2 Å². The van der Waals surface area contributed by atoms with E-state index >= 15 is 0 Å². The van der Waals surface area contributed by atoms with Gasteiger partial charge in [-0.05, 0) is 60.4 Å². The van der Waals surface area contributed by atoms with Crippen LogP contribution in [-0.2, 0) is 32.6 Å². The molecular formula is C36H36Cl2N4O6S. The first-order valence-corrected chi connectivity index (χ1v) is 18.1. The van der Waals surface area contributed by atoms with E-state index in [4.69, 9.17) is 23.2 Å². The smallest absolute Gasteiger partial charge is 0.269 e. The molecule has 1 saturated carbocycles. The highest BCUT2D eigenvalue weighted by molar-refractivity contribution is 7.92. The molecular weight excluding hydrogens is 687 g/mol. The Morgan fingerprint density at radius 3 is 2.08 bits per heavy atom. The van der Waals surface area contributed by atoms with Gasteiger partial charge in [0.1, 0.15) is 12.6 Å². The van der Waals surface area contributed by atoms with Crippen molar-refractivity contribution in [2.45, 2.75) is 62.0 Å². The zero-order chi connectivity index (χ0) is 35.0. The Hall–Kier alpha value is -4.45. The number of amides is 2. The van der Waals surface area contributed by atoms with Crippen LogP contribution < -0.4 is 9.62 Å². The average molecular weight is 724 g/mol. The van der Waals surface area contributed by atoms with Crippen LogP contribution in [0.25, 0.3) is 0 Å². The summed E-state index contributed by atoms with van der Waals surface area (Å²) in [6, 6.07) is 25.6. The Balaban J connectivity index is 1.58.